The number of amidine groups is 1. The maximum absolute atomic E-state index is 10.8. The Morgan fingerprint density at radius 2 is 2.29 bits per heavy atom. The molecule has 0 spiro atoms. The van der Waals surface area contributed by atoms with Crippen LogP contribution in [0.1, 0.15) is 5.56 Å². The number of halogens is 1. The fourth-order valence-corrected chi connectivity index (χ4v) is 1.36. The average Bonchev–Trinajstić information content (AvgIpc) is 2.29. The van der Waals surface area contributed by atoms with Crippen molar-refractivity contribution in [3.8, 4) is 0 Å². The summed E-state index contributed by atoms with van der Waals surface area (Å²) in [7, 11) is 0. The average molecular weight is 257 g/mol. The molecule has 0 aliphatic rings. The summed E-state index contributed by atoms with van der Waals surface area (Å²) in [6, 6.07) is 4.08. The standard InChI is InChI=1S/C9H9ClN4O3/c10-7-2-1-6(8(4-7)14(16)17)3-9(11)13(12)5-15/h1-2,4-5,11H,3,12H2. The van der Waals surface area contributed by atoms with Gasteiger partial charge in [-0.3, -0.25) is 20.3 Å². The molecule has 0 fully saturated rings. The highest BCUT2D eigenvalue weighted by Gasteiger charge is 2.17. The summed E-state index contributed by atoms with van der Waals surface area (Å²) in [6.07, 6.45) is 0.132. The molecule has 0 radical (unpaired) electrons. The second-order valence-electron chi connectivity index (χ2n) is 3.17. The van der Waals surface area contributed by atoms with Gasteiger partial charge in [-0.15, -0.1) is 0 Å². The van der Waals surface area contributed by atoms with Gasteiger partial charge in [-0.05, 0) is 6.07 Å². The molecule has 90 valence electrons. The Labute approximate surface area is 101 Å². The first-order valence-electron chi connectivity index (χ1n) is 4.45. The molecule has 0 heterocycles. The van der Waals surface area contributed by atoms with Crippen LogP contribution >= 0.6 is 11.6 Å². The van der Waals surface area contributed by atoms with Crippen molar-refractivity contribution < 1.29 is 9.72 Å². The number of benzene rings is 1. The Morgan fingerprint density at radius 3 is 2.82 bits per heavy atom. The molecule has 7 nitrogen and oxygen atoms in total. The molecular formula is C9H9ClN4O3. The number of hydrazine groups is 1. The lowest BCUT2D eigenvalue weighted by Gasteiger charge is -2.11. The van der Waals surface area contributed by atoms with E-state index in [4.69, 9.17) is 22.9 Å². The fourth-order valence-electron chi connectivity index (χ4n) is 1.19. The highest BCUT2D eigenvalue weighted by Crippen LogP contribution is 2.23. The molecule has 0 aromatic heterocycles. The van der Waals surface area contributed by atoms with Gasteiger partial charge in [-0.25, -0.2) is 10.9 Å². The number of hydrogen-bond donors (Lipinski definition) is 2. The van der Waals surface area contributed by atoms with E-state index in [1.165, 1.54) is 18.2 Å². The summed E-state index contributed by atoms with van der Waals surface area (Å²) < 4.78 is 0. The van der Waals surface area contributed by atoms with E-state index in [2.05, 4.69) is 0 Å². The summed E-state index contributed by atoms with van der Waals surface area (Å²) >= 11 is 5.64. The van der Waals surface area contributed by atoms with Crippen LogP contribution in [0, 0.1) is 15.5 Å². The Morgan fingerprint density at radius 1 is 1.65 bits per heavy atom. The van der Waals surface area contributed by atoms with E-state index in [1.807, 2.05) is 0 Å². The van der Waals surface area contributed by atoms with Crippen molar-refractivity contribution in [3.05, 3.63) is 38.9 Å². The van der Waals surface area contributed by atoms with E-state index in [9.17, 15) is 14.9 Å². The summed E-state index contributed by atoms with van der Waals surface area (Å²) in [5.74, 6) is 4.92. The lowest BCUT2D eigenvalue weighted by atomic mass is 10.1. The summed E-state index contributed by atoms with van der Waals surface area (Å²) in [4.78, 5) is 20.5. The van der Waals surface area contributed by atoms with Crippen LogP contribution in [-0.2, 0) is 11.2 Å². The molecule has 0 atom stereocenters. The van der Waals surface area contributed by atoms with E-state index in [0.29, 0.717) is 5.01 Å². The minimum Gasteiger partial charge on any atom is -0.287 e. The second kappa shape index (κ2) is 5.37. The Kier molecular flexibility index (Phi) is 4.13. The SMILES string of the molecule is N=C(Cc1ccc(Cl)cc1[N+](=O)[O-])N(N)C=O. The molecule has 0 unspecified atom stereocenters. The molecule has 0 aliphatic heterocycles. The van der Waals surface area contributed by atoms with Gasteiger partial charge in [0, 0.05) is 23.1 Å². The lowest BCUT2D eigenvalue weighted by molar-refractivity contribution is -0.385. The van der Waals surface area contributed by atoms with Crippen LogP contribution in [0.5, 0.6) is 0 Å². The van der Waals surface area contributed by atoms with Crippen LogP contribution in [-0.4, -0.2) is 22.2 Å². The van der Waals surface area contributed by atoms with Crippen LogP contribution < -0.4 is 5.84 Å². The van der Waals surface area contributed by atoms with Crippen LogP contribution in [0.15, 0.2) is 18.2 Å². The van der Waals surface area contributed by atoms with E-state index in [-0.39, 0.29) is 34.9 Å². The van der Waals surface area contributed by atoms with Crippen LogP contribution in [0.2, 0.25) is 5.02 Å². The number of nitro benzene ring substituents is 1. The Hall–Kier alpha value is -1.99. The normalized spacial score (nSPS) is 9.76. The molecule has 0 saturated carbocycles. The van der Waals surface area contributed by atoms with Gasteiger partial charge in [0.15, 0.2) is 0 Å². The minimum atomic E-state index is -0.601. The van der Waals surface area contributed by atoms with Crippen molar-refractivity contribution >= 4 is 29.5 Å². The quantitative estimate of drug-likeness (QED) is 0.160. The van der Waals surface area contributed by atoms with Crippen LogP contribution in [0.4, 0.5) is 5.69 Å². The maximum Gasteiger partial charge on any atom is 0.274 e. The van der Waals surface area contributed by atoms with Crippen molar-refractivity contribution in [2.24, 2.45) is 5.84 Å². The topological polar surface area (TPSA) is 113 Å². The van der Waals surface area contributed by atoms with Crippen molar-refractivity contribution in [3.63, 3.8) is 0 Å². The molecule has 0 aliphatic carbocycles. The second-order valence-corrected chi connectivity index (χ2v) is 3.60. The third-order valence-electron chi connectivity index (χ3n) is 2.03. The van der Waals surface area contributed by atoms with E-state index in [0.717, 1.165) is 0 Å². The summed E-state index contributed by atoms with van der Waals surface area (Å²) in [6.45, 7) is 0. The predicted octanol–water partition coefficient (Wildman–Crippen LogP) is 1.10. The number of nitrogens with zero attached hydrogens (tertiary/aromatic N) is 2. The largest absolute Gasteiger partial charge is 0.287 e. The number of nitro groups is 1. The van der Waals surface area contributed by atoms with E-state index >= 15 is 0 Å². The smallest absolute Gasteiger partial charge is 0.274 e. The van der Waals surface area contributed by atoms with Crippen LogP contribution in [0.3, 0.4) is 0 Å². The monoisotopic (exact) mass is 256 g/mol. The first-order valence-corrected chi connectivity index (χ1v) is 4.83. The molecular weight excluding hydrogens is 248 g/mol. The third-order valence-corrected chi connectivity index (χ3v) is 2.26. The van der Waals surface area contributed by atoms with Crippen molar-refractivity contribution in [1.82, 2.24) is 5.01 Å². The van der Waals surface area contributed by atoms with E-state index in [1.54, 1.807) is 0 Å². The number of carbonyl (C=O) groups excluding carboxylic acids is 1. The zero-order chi connectivity index (χ0) is 13.0. The molecule has 1 aromatic carbocycles. The molecule has 3 N–H and O–H groups in total. The molecule has 1 aromatic rings. The van der Waals surface area contributed by atoms with Crippen LogP contribution in [0.25, 0.3) is 0 Å². The number of rotatable bonds is 4. The number of nitrogens with one attached hydrogen (secondary N) is 1. The van der Waals surface area contributed by atoms with Gasteiger partial charge in [0.25, 0.3) is 5.69 Å². The van der Waals surface area contributed by atoms with E-state index < -0.39 is 4.92 Å². The van der Waals surface area contributed by atoms with Gasteiger partial charge >= 0.3 is 0 Å². The lowest BCUT2D eigenvalue weighted by Crippen LogP contribution is -2.36. The minimum absolute atomic E-state index is 0.122. The number of amides is 1. The first-order chi connectivity index (χ1) is 7.95. The van der Waals surface area contributed by atoms with Gasteiger partial charge in [-0.1, -0.05) is 17.7 Å². The summed E-state index contributed by atoms with van der Waals surface area (Å²) in [5, 5.41) is 19.0. The number of carbonyl (C=O) groups is 1. The first kappa shape index (κ1) is 13.1. The zero-order valence-corrected chi connectivity index (χ0v) is 9.35. The molecule has 0 bridgehead atoms. The van der Waals surface area contributed by atoms with Crippen molar-refractivity contribution in [2.75, 3.05) is 0 Å². The molecule has 1 rings (SSSR count). The Bertz CT molecular complexity index is 477. The van der Waals surface area contributed by atoms with Gasteiger partial charge in [-0.2, -0.15) is 0 Å². The highest BCUT2D eigenvalue weighted by molar-refractivity contribution is 6.30. The number of hydrogen-bond acceptors (Lipinski definition) is 5. The third kappa shape index (κ3) is 3.23. The number of nitrogens with two attached hydrogens (primary N) is 1. The van der Waals surface area contributed by atoms with Gasteiger partial charge in [0.1, 0.15) is 5.84 Å². The Balaban J connectivity index is 3.02. The van der Waals surface area contributed by atoms with Gasteiger partial charge in [0.2, 0.25) is 6.41 Å². The van der Waals surface area contributed by atoms with Gasteiger partial charge in [0.05, 0.1) is 4.92 Å². The predicted molar refractivity (Wildman–Crippen MR) is 61.6 cm³/mol. The zero-order valence-electron chi connectivity index (χ0n) is 8.59. The van der Waals surface area contributed by atoms with Crippen molar-refractivity contribution in [2.45, 2.75) is 6.42 Å². The fraction of sp³-hybridized carbons (Fsp3) is 0.111. The molecule has 17 heavy (non-hydrogen) atoms. The van der Waals surface area contributed by atoms with Crippen molar-refractivity contribution in [1.29, 1.82) is 5.41 Å². The summed E-state index contributed by atoms with van der Waals surface area (Å²) in [5.41, 5.74) is 0.0586. The highest BCUT2D eigenvalue weighted by atomic mass is 35.5. The molecule has 1 amide bonds. The molecule has 8 heteroatoms. The maximum atomic E-state index is 10.8. The van der Waals surface area contributed by atoms with Gasteiger partial charge < -0.3 is 0 Å². The molecule has 0 saturated heterocycles.